The van der Waals surface area contributed by atoms with Gasteiger partial charge < -0.3 is 20.1 Å². The highest BCUT2D eigenvalue weighted by atomic mass is 32.2. The number of aromatic carboxylic acids is 1. The fraction of sp³-hybridized carbons (Fsp3) is 0.500. The summed E-state index contributed by atoms with van der Waals surface area (Å²) in [5, 5.41) is 28.1. The lowest BCUT2D eigenvalue weighted by Crippen LogP contribution is -2.20. The number of hydrogen-bond donors (Lipinski definition) is 3. The molecule has 0 spiro atoms. The van der Waals surface area contributed by atoms with Gasteiger partial charge in [-0.25, -0.2) is 4.79 Å². The van der Waals surface area contributed by atoms with Crippen molar-refractivity contribution in [1.29, 1.82) is 0 Å². The molecule has 5 nitrogen and oxygen atoms in total. The van der Waals surface area contributed by atoms with Crippen LogP contribution in [0.1, 0.15) is 28.8 Å². The van der Waals surface area contributed by atoms with Crippen LogP contribution in [0.5, 0.6) is 5.75 Å². The first-order chi connectivity index (χ1) is 9.98. The number of ether oxygens (including phenoxy) is 1. The van der Waals surface area contributed by atoms with E-state index in [0.717, 1.165) is 10.5 Å². The molecule has 0 fully saturated rings. The van der Waals surface area contributed by atoms with Gasteiger partial charge in [0.25, 0.3) is 0 Å². The number of aliphatic hydroxyl groups is 2. The Bertz CT molecular complexity index is 553. The van der Waals surface area contributed by atoms with Crippen molar-refractivity contribution in [3.63, 3.8) is 0 Å². The molecular weight excluding hydrogens is 312 g/mol. The number of fused-ring (bicyclic) bond motifs is 1. The van der Waals surface area contributed by atoms with Crippen LogP contribution in [0.15, 0.2) is 15.9 Å². The number of carboxylic acids is 1. The quantitative estimate of drug-likeness (QED) is 0.738. The van der Waals surface area contributed by atoms with Gasteiger partial charge in [-0.1, -0.05) is 0 Å². The summed E-state index contributed by atoms with van der Waals surface area (Å²) in [6, 6.07) is 1.91. The maximum atomic E-state index is 11.6. The van der Waals surface area contributed by atoms with Gasteiger partial charge in [-0.05, 0) is 31.4 Å². The second-order valence-electron chi connectivity index (χ2n) is 4.80. The smallest absolute Gasteiger partial charge is 0.340 e. The van der Waals surface area contributed by atoms with Gasteiger partial charge in [0.15, 0.2) is 0 Å². The molecule has 1 aromatic rings. The molecule has 0 aliphatic carbocycles. The Kier molecular flexibility index (Phi) is 5.08. The van der Waals surface area contributed by atoms with Gasteiger partial charge in [-0.15, -0.1) is 23.5 Å². The van der Waals surface area contributed by atoms with Gasteiger partial charge in [-0.2, -0.15) is 0 Å². The Morgan fingerprint density at radius 1 is 1.29 bits per heavy atom. The average Bonchev–Trinajstić information content (AvgIpc) is 2.75. The standard InChI is InChI=1S/C14H18O5S2/c1-8-7-9-12(10(13(17)18)11(8)19-2)21-14(20-9,3-5-15)4-6-16/h7,15-16H,3-6H2,1-2H3,(H,17,18). The summed E-state index contributed by atoms with van der Waals surface area (Å²) >= 11 is 2.93. The zero-order valence-electron chi connectivity index (χ0n) is 11.9. The number of benzene rings is 1. The largest absolute Gasteiger partial charge is 0.496 e. The second-order valence-corrected chi connectivity index (χ2v) is 7.87. The van der Waals surface area contributed by atoms with Crippen LogP contribution in [0.25, 0.3) is 0 Å². The Morgan fingerprint density at radius 3 is 2.38 bits per heavy atom. The van der Waals surface area contributed by atoms with E-state index < -0.39 is 10.0 Å². The van der Waals surface area contributed by atoms with E-state index in [-0.39, 0.29) is 18.8 Å². The fourth-order valence-electron chi connectivity index (χ4n) is 2.46. The lowest BCUT2D eigenvalue weighted by Gasteiger charge is -2.25. The number of rotatable bonds is 6. The van der Waals surface area contributed by atoms with E-state index >= 15 is 0 Å². The molecule has 1 heterocycles. The maximum Gasteiger partial charge on any atom is 0.340 e. The third-order valence-electron chi connectivity index (χ3n) is 3.37. The lowest BCUT2D eigenvalue weighted by atomic mass is 10.1. The molecule has 0 unspecified atom stereocenters. The lowest BCUT2D eigenvalue weighted by molar-refractivity contribution is 0.0688. The molecule has 2 rings (SSSR count). The van der Waals surface area contributed by atoms with E-state index in [9.17, 15) is 20.1 Å². The number of carbonyl (C=O) groups is 1. The summed E-state index contributed by atoms with van der Waals surface area (Å²) in [5.74, 6) is -0.651. The van der Waals surface area contributed by atoms with Crippen molar-refractivity contribution in [1.82, 2.24) is 0 Å². The van der Waals surface area contributed by atoms with Crippen molar-refractivity contribution >= 4 is 29.5 Å². The molecule has 1 aromatic carbocycles. The molecule has 0 radical (unpaired) electrons. The third kappa shape index (κ3) is 3.01. The van der Waals surface area contributed by atoms with Crippen molar-refractivity contribution in [2.45, 2.75) is 33.6 Å². The third-order valence-corrected chi connectivity index (χ3v) is 6.73. The normalized spacial score (nSPS) is 15.8. The van der Waals surface area contributed by atoms with Crippen molar-refractivity contribution in [3.05, 3.63) is 17.2 Å². The Labute approximate surface area is 131 Å². The molecule has 3 N–H and O–H groups in total. The van der Waals surface area contributed by atoms with E-state index in [1.807, 2.05) is 13.0 Å². The highest BCUT2D eigenvalue weighted by molar-refractivity contribution is 8.20. The van der Waals surface area contributed by atoms with Crippen LogP contribution < -0.4 is 4.74 Å². The van der Waals surface area contributed by atoms with E-state index in [2.05, 4.69) is 0 Å². The molecular formula is C14H18O5S2. The van der Waals surface area contributed by atoms with Gasteiger partial charge in [0.05, 0.1) is 11.2 Å². The molecule has 0 saturated heterocycles. The van der Waals surface area contributed by atoms with Crippen LogP contribution in [-0.2, 0) is 0 Å². The molecule has 0 bridgehead atoms. The minimum Gasteiger partial charge on any atom is -0.496 e. The number of aryl methyl sites for hydroxylation is 1. The first kappa shape index (κ1) is 16.5. The highest BCUT2D eigenvalue weighted by Gasteiger charge is 2.41. The number of methoxy groups -OCH3 is 1. The minimum atomic E-state index is -1.02. The maximum absolute atomic E-state index is 11.6. The molecule has 1 aliphatic rings. The molecule has 0 aromatic heterocycles. The van der Waals surface area contributed by atoms with Gasteiger partial charge in [-0.3, -0.25) is 0 Å². The summed E-state index contributed by atoms with van der Waals surface area (Å²) in [6.45, 7) is 1.80. The monoisotopic (exact) mass is 330 g/mol. The Morgan fingerprint density at radius 2 is 1.90 bits per heavy atom. The average molecular weight is 330 g/mol. The van der Waals surface area contributed by atoms with Crippen LogP contribution in [-0.4, -0.2) is 45.7 Å². The minimum absolute atomic E-state index is 0.00743. The molecule has 116 valence electrons. The van der Waals surface area contributed by atoms with E-state index in [4.69, 9.17) is 4.74 Å². The van der Waals surface area contributed by atoms with Crippen LogP contribution in [0.4, 0.5) is 0 Å². The molecule has 1 aliphatic heterocycles. The number of carboxylic acid groups (broad SMARTS) is 1. The van der Waals surface area contributed by atoms with Crippen LogP contribution in [0, 0.1) is 6.92 Å². The molecule has 21 heavy (non-hydrogen) atoms. The number of thioether (sulfide) groups is 2. The molecule has 7 heteroatoms. The van der Waals surface area contributed by atoms with Crippen molar-refractivity contribution < 1.29 is 24.9 Å². The van der Waals surface area contributed by atoms with Crippen LogP contribution in [0.3, 0.4) is 0 Å². The van der Waals surface area contributed by atoms with Crippen molar-refractivity contribution in [2.75, 3.05) is 20.3 Å². The van der Waals surface area contributed by atoms with E-state index in [0.29, 0.717) is 23.5 Å². The molecule has 0 amide bonds. The highest BCUT2D eigenvalue weighted by Crippen LogP contribution is 2.61. The predicted molar refractivity (Wildman–Crippen MR) is 82.5 cm³/mol. The SMILES string of the molecule is COc1c(C)cc2c(c1C(=O)O)SC(CCO)(CCO)S2. The van der Waals surface area contributed by atoms with Gasteiger partial charge >= 0.3 is 5.97 Å². The summed E-state index contributed by atoms with van der Waals surface area (Å²) in [6.07, 6.45) is 0.968. The first-order valence-electron chi connectivity index (χ1n) is 6.52. The van der Waals surface area contributed by atoms with Crippen LogP contribution >= 0.6 is 23.5 Å². The zero-order chi connectivity index (χ0) is 15.6. The van der Waals surface area contributed by atoms with Gasteiger partial charge in [0.2, 0.25) is 0 Å². The fourth-order valence-corrected chi connectivity index (χ4v) is 5.82. The van der Waals surface area contributed by atoms with Gasteiger partial charge in [0, 0.05) is 23.0 Å². The topological polar surface area (TPSA) is 87.0 Å². The zero-order valence-corrected chi connectivity index (χ0v) is 13.5. The summed E-state index contributed by atoms with van der Waals surface area (Å²) in [5.41, 5.74) is 0.938. The van der Waals surface area contributed by atoms with Crippen molar-refractivity contribution in [3.8, 4) is 5.75 Å². The second kappa shape index (κ2) is 6.48. The predicted octanol–water partition coefficient (Wildman–Crippen LogP) is 2.36. The van der Waals surface area contributed by atoms with E-state index in [1.165, 1.54) is 30.6 Å². The Balaban J connectivity index is 2.53. The number of hydrogen-bond acceptors (Lipinski definition) is 6. The summed E-state index contributed by atoms with van der Waals surface area (Å²) < 4.78 is 4.83. The summed E-state index contributed by atoms with van der Waals surface area (Å²) in [4.78, 5) is 13.2. The first-order valence-corrected chi connectivity index (χ1v) is 8.16. The summed E-state index contributed by atoms with van der Waals surface area (Å²) in [7, 11) is 1.46. The number of aliphatic hydroxyl groups excluding tert-OH is 2. The van der Waals surface area contributed by atoms with E-state index in [1.54, 1.807) is 0 Å². The van der Waals surface area contributed by atoms with Crippen molar-refractivity contribution in [2.24, 2.45) is 0 Å². The van der Waals surface area contributed by atoms with Crippen LogP contribution in [0.2, 0.25) is 0 Å². The molecule has 0 saturated carbocycles. The van der Waals surface area contributed by atoms with Gasteiger partial charge in [0.1, 0.15) is 11.3 Å². The molecule has 0 atom stereocenters. The Hall–Kier alpha value is -0.890.